The molecule has 1 fully saturated rings. The van der Waals surface area contributed by atoms with Crippen molar-refractivity contribution >= 4 is 11.6 Å². The standard InChI is InChI=1S/C25H23N3O/c29-25-22(16-19-11-7-8-12-19)27-24-21(15-18-9-3-1-4-10-18)26-23(17-28(24)25)20-13-5-2-6-14-20/h1-11,13-14,17,22,26-27H,12,15-16H2. The maximum atomic E-state index is 13.2. The molecule has 2 N–H and O–H groups in total. The summed E-state index contributed by atoms with van der Waals surface area (Å²) in [5, 5.41) is 7.07. The van der Waals surface area contributed by atoms with E-state index in [1.165, 1.54) is 11.1 Å². The van der Waals surface area contributed by atoms with Gasteiger partial charge < -0.3 is 10.6 Å². The number of nitrogens with zero attached hydrogens (tertiary/aromatic N) is 1. The van der Waals surface area contributed by atoms with E-state index in [2.05, 4.69) is 53.1 Å². The molecular formula is C25H23N3O. The molecule has 29 heavy (non-hydrogen) atoms. The normalized spacial score (nSPS) is 20.2. The van der Waals surface area contributed by atoms with Crippen molar-refractivity contribution in [2.45, 2.75) is 25.3 Å². The predicted molar refractivity (Wildman–Crippen MR) is 115 cm³/mol. The highest BCUT2D eigenvalue weighted by molar-refractivity contribution is 5.90. The first-order valence-electron chi connectivity index (χ1n) is 10.0. The Labute approximate surface area is 170 Å². The lowest BCUT2D eigenvalue weighted by Crippen LogP contribution is -2.31. The van der Waals surface area contributed by atoms with Crippen LogP contribution in [0.4, 0.5) is 0 Å². The van der Waals surface area contributed by atoms with E-state index in [1.807, 2.05) is 42.6 Å². The van der Waals surface area contributed by atoms with Gasteiger partial charge in [-0.15, -0.1) is 0 Å². The van der Waals surface area contributed by atoms with Crippen LogP contribution in [-0.2, 0) is 11.2 Å². The van der Waals surface area contributed by atoms with Crippen LogP contribution in [0.25, 0.3) is 5.70 Å². The molecule has 144 valence electrons. The SMILES string of the molecule is O=C1C(CC2=CC=CC2)NC2=C(Cc3ccccc3)NC(c3ccccc3)=CN12. The zero-order valence-electron chi connectivity index (χ0n) is 16.1. The molecule has 0 spiro atoms. The second-order valence-corrected chi connectivity index (χ2v) is 7.59. The number of hydrogen-bond donors (Lipinski definition) is 2. The molecule has 4 heteroatoms. The van der Waals surface area contributed by atoms with E-state index in [1.54, 1.807) is 4.90 Å². The van der Waals surface area contributed by atoms with Gasteiger partial charge in [0.15, 0.2) is 0 Å². The molecule has 0 saturated carbocycles. The van der Waals surface area contributed by atoms with Crippen molar-refractivity contribution in [1.82, 2.24) is 15.5 Å². The molecule has 1 amide bonds. The topological polar surface area (TPSA) is 44.4 Å². The summed E-state index contributed by atoms with van der Waals surface area (Å²) < 4.78 is 0. The molecule has 1 aliphatic carbocycles. The van der Waals surface area contributed by atoms with Crippen LogP contribution in [0.15, 0.2) is 102 Å². The molecule has 4 nitrogen and oxygen atoms in total. The van der Waals surface area contributed by atoms with Gasteiger partial charge in [-0.3, -0.25) is 9.69 Å². The lowest BCUT2D eigenvalue weighted by atomic mass is 10.1. The van der Waals surface area contributed by atoms with E-state index in [-0.39, 0.29) is 11.9 Å². The number of allylic oxidation sites excluding steroid dienone is 4. The molecule has 3 aliphatic rings. The van der Waals surface area contributed by atoms with Crippen LogP contribution in [0.2, 0.25) is 0 Å². The molecular weight excluding hydrogens is 358 g/mol. The Bertz CT molecular complexity index is 1050. The molecule has 1 saturated heterocycles. The number of fused-ring (bicyclic) bond motifs is 1. The van der Waals surface area contributed by atoms with Crippen molar-refractivity contribution in [3.8, 4) is 0 Å². The number of benzene rings is 2. The molecule has 2 aromatic rings. The van der Waals surface area contributed by atoms with Crippen molar-refractivity contribution < 1.29 is 4.79 Å². The Morgan fingerprint density at radius 1 is 1.00 bits per heavy atom. The molecule has 2 aliphatic heterocycles. The molecule has 0 bridgehead atoms. The fraction of sp³-hybridized carbons (Fsp3) is 0.160. The first-order valence-corrected chi connectivity index (χ1v) is 10.0. The van der Waals surface area contributed by atoms with Crippen molar-refractivity contribution in [2.75, 3.05) is 0 Å². The van der Waals surface area contributed by atoms with Crippen molar-refractivity contribution in [1.29, 1.82) is 0 Å². The quantitative estimate of drug-likeness (QED) is 0.820. The third-order valence-electron chi connectivity index (χ3n) is 5.54. The van der Waals surface area contributed by atoms with Gasteiger partial charge in [-0.2, -0.15) is 0 Å². The van der Waals surface area contributed by atoms with Crippen molar-refractivity contribution in [3.63, 3.8) is 0 Å². The van der Waals surface area contributed by atoms with Gasteiger partial charge in [0, 0.05) is 12.6 Å². The zero-order valence-corrected chi connectivity index (χ0v) is 16.1. The Morgan fingerprint density at radius 3 is 2.48 bits per heavy atom. The van der Waals surface area contributed by atoms with Crippen LogP contribution in [0.5, 0.6) is 0 Å². The van der Waals surface area contributed by atoms with E-state index in [0.29, 0.717) is 0 Å². The van der Waals surface area contributed by atoms with E-state index in [4.69, 9.17) is 0 Å². The maximum absolute atomic E-state index is 13.2. The summed E-state index contributed by atoms with van der Waals surface area (Å²) in [4.78, 5) is 15.0. The molecule has 0 aromatic heterocycles. The summed E-state index contributed by atoms with van der Waals surface area (Å²) in [6, 6.07) is 20.3. The summed E-state index contributed by atoms with van der Waals surface area (Å²) in [5.74, 6) is 0.975. The summed E-state index contributed by atoms with van der Waals surface area (Å²) in [6.45, 7) is 0. The van der Waals surface area contributed by atoms with Crippen LogP contribution in [0.1, 0.15) is 24.0 Å². The Morgan fingerprint density at radius 2 is 1.76 bits per heavy atom. The van der Waals surface area contributed by atoms with E-state index in [0.717, 1.165) is 42.0 Å². The number of rotatable bonds is 5. The maximum Gasteiger partial charge on any atom is 0.255 e. The van der Waals surface area contributed by atoms with Crippen LogP contribution in [-0.4, -0.2) is 16.8 Å². The van der Waals surface area contributed by atoms with Gasteiger partial charge >= 0.3 is 0 Å². The molecule has 2 aromatic carbocycles. The first kappa shape index (κ1) is 17.6. The van der Waals surface area contributed by atoms with Gasteiger partial charge in [0.2, 0.25) is 0 Å². The lowest BCUT2D eigenvalue weighted by Gasteiger charge is -2.26. The fourth-order valence-electron chi connectivity index (χ4n) is 4.05. The molecule has 1 unspecified atom stereocenters. The number of carbonyl (C=O) groups is 1. The predicted octanol–water partition coefficient (Wildman–Crippen LogP) is 4.08. The monoisotopic (exact) mass is 381 g/mol. The van der Waals surface area contributed by atoms with Crippen molar-refractivity contribution in [2.24, 2.45) is 0 Å². The smallest absolute Gasteiger partial charge is 0.255 e. The third-order valence-corrected chi connectivity index (χ3v) is 5.54. The van der Waals surface area contributed by atoms with Crippen LogP contribution in [0, 0.1) is 0 Å². The second kappa shape index (κ2) is 7.47. The highest BCUT2D eigenvalue weighted by Gasteiger charge is 2.38. The summed E-state index contributed by atoms with van der Waals surface area (Å²) >= 11 is 0. The second-order valence-electron chi connectivity index (χ2n) is 7.59. The molecule has 5 rings (SSSR count). The number of nitrogens with one attached hydrogen (secondary N) is 2. The minimum atomic E-state index is -0.227. The number of amides is 1. The molecule has 2 heterocycles. The van der Waals surface area contributed by atoms with Gasteiger partial charge in [-0.1, -0.05) is 84.5 Å². The van der Waals surface area contributed by atoms with Gasteiger partial charge in [0.05, 0.1) is 11.4 Å². The van der Waals surface area contributed by atoms with E-state index in [9.17, 15) is 4.79 Å². The lowest BCUT2D eigenvalue weighted by molar-refractivity contribution is -0.126. The molecule has 1 atom stereocenters. The van der Waals surface area contributed by atoms with Crippen LogP contribution >= 0.6 is 0 Å². The highest BCUT2D eigenvalue weighted by Crippen LogP contribution is 2.30. The average Bonchev–Trinajstić information content (AvgIpc) is 3.38. The van der Waals surface area contributed by atoms with Gasteiger partial charge in [-0.25, -0.2) is 0 Å². The average molecular weight is 381 g/mol. The Kier molecular flexibility index (Phi) is 4.53. The largest absolute Gasteiger partial charge is 0.358 e. The fourth-order valence-corrected chi connectivity index (χ4v) is 4.05. The zero-order chi connectivity index (χ0) is 19.6. The number of hydrogen-bond acceptors (Lipinski definition) is 3. The minimum Gasteiger partial charge on any atom is -0.358 e. The van der Waals surface area contributed by atoms with Gasteiger partial charge in [-0.05, 0) is 24.0 Å². The molecule has 0 radical (unpaired) electrons. The van der Waals surface area contributed by atoms with Crippen LogP contribution in [0.3, 0.4) is 0 Å². The van der Waals surface area contributed by atoms with Crippen LogP contribution < -0.4 is 10.6 Å². The minimum absolute atomic E-state index is 0.105. The van der Waals surface area contributed by atoms with Gasteiger partial charge in [0.25, 0.3) is 5.91 Å². The third kappa shape index (κ3) is 3.49. The summed E-state index contributed by atoms with van der Waals surface area (Å²) in [6.07, 6.45) is 10.6. The van der Waals surface area contributed by atoms with Crippen molar-refractivity contribution in [3.05, 3.63) is 113 Å². The Hall–Kier alpha value is -3.53. The summed E-state index contributed by atoms with van der Waals surface area (Å²) in [5.41, 5.74) is 5.53. The summed E-state index contributed by atoms with van der Waals surface area (Å²) in [7, 11) is 0. The number of carbonyl (C=O) groups excluding carboxylic acids is 1. The highest BCUT2D eigenvalue weighted by atomic mass is 16.2. The van der Waals surface area contributed by atoms with E-state index >= 15 is 0 Å². The van der Waals surface area contributed by atoms with E-state index < -0.39 is 0 Å². The van der Waals surface area contributed by atoms with Gasteiger partial charge in [0.1, 0.15) is 11.9 Å². The Balaban J connectivity index is 1.48. The first-order chi connectivity index (χ1) is 14.3.